The second kappa shape index (κ2) is 5.07. The molecular formula is C18H14N4. The normalized spacial score (nSPS) is 11.0. The van der Waals surface area contributed by atoms with Crippen molar-refractivity contribution in [2.24, 2.45) is 7.05 Å². The quantitative estimate of drug-likeness (QED) is 0.564. The molecule has 4 heteroatoms. The largest absolute Gasteiger partial charge is 0.326 e. The molecule has 4 nitrogen and oxygen atoms in total. The highest BCUT2D eigenvalue weighted by molar-refractivity contribution is 5.77. The fourth-order valence-electron chi connectivity index (χ4n) is 2.64. The van der Waals surface area contributed by atoms with E-state index in [0.29, 0.717) is 0 Å². The second-order valence-corrected chi connectivity index (χ2v) is 5.15. The van der Waals surface area contributed by atoms with E-state index in [-0.39, 0.29) is 0 Å². The zero-order valence-electron chi connectivity index (χ0n) is 12.1. The maximum atomic E-state index is 4.63. The number of benzene rings is 1. The Hall–Kier alpha value is -3.01. The molecule has 0 N–H and O–H groups in total. The molecule has 22 heavy (non-hydrogen) atoms. The van der Waals surface area contributed by atoms with Crippen molar-refractivity contribution in [3.63, 3.8) is 0 Å². The van der Waals surface area contributed by atoms with E-state index in [9.17, 15) is 0 Å². The van der Waals surface area contributed by atoms with Crippen LogP contribution in [0.25, 0.3) is 33.7 Å². The molecule has 0 aliphatic rings. The smallest absolute Gasteiger partial charge is 0.178 e. The molecule has 4 rings (SSSR count). The van der Waals surface area contributed by atoms with Crippen molar-refractivity contribution in [3.8, 4) is 22.5 Å². The van der Waals surface area contributed by atoms with Crippen molar-refractivity contribution in [1.29, 1.82) is 0 Å². The molecule has 0 atom stereocenters. The fraction of sp³-hybridized carbons (Fsp3) is 0.0556. The molecule has 4 aromatic rings. The number of fused-ring (bicyclic) bond motifs is 1. The predicted octanol–water partition coefficient (Wildman–Crippen LogP) is 3.70. The molecule has 0 spiro atoms. The Morgan fingerprint density at radius 2 is 1.45 bits per heavy atom. The van der Waals surface area contributed by atoms with Gasteiger partial charge >= 0.3 is 0 Å². The first-order valence-corrected chi connectivity index (χ1v) is 7.11. The minimum absolute atomic E-state index is 0.776. The van der Waals surface area contributed by atoms with E-state index < -0.39 is 0 Å². The van der Waals surface area contributed by atoms with E-state index in [4.69, 9.17) is 0 Å². The molecule has 0 saturated heterocycles. The summed E-state index contributed by atoms with van der Waals surface area (Å²) in [6.45, 7) is 0. The van der Waals surface area contributed by atoms with Crippen molar-refractivity contribution in [3.05, 3.63) is 67.1 Å². The Balaban J connectivity index is 1.78. The van der Waals surface area contributed by atoms with Crippen molar-refractivity contribution < 1.29 is 0 Å². The maximum Gasteiger partial charge on any atom is 0.178 e. The Bertz CT molecular complexity index is 924. The third-order valence-electron chi connectivity index (χ3n) is 3.81. The lowest BCUT2D eigenvalue weighted by Crippen LogP contribution is -1.92. The average molecular weight is 286 g/mol. The lowest BCUT2D eigenvalue weighted by Gasteiger charge is -2.05. The highest BCUT2D eigenvalue weighted by Crippen LogP contribution is 2.25. The summed E-state index contributed by atoms with van der Waals surface area (Å²) >= 11 is 0. The van der Waals surface area contributed by atoms with Gasteiger partial charge in [-0.3, -0.25) is 4.98 Å². The highest BCUT2D eigenvalue weighted by atomic mass is 15.1. The third-order valence-corrected chi connectivity index (χ3v) is 3.81. The fourth-order valence-corrected chi connectivity index (χ4v) is 2.64. The van der Waals surface area contributed by atoms with Gasteiger partial charge in [-0.1, -0.05) is 24.3 Å². The number of aryl methyl sites for hydroxylation is 1. The van der Waals surface area contributed by atoms with Gasteiger partial charge in [-0.15, -0.1) is 0 Å². The summed E-state index contributed by atoms with van der Waals surface area (Å²) in [7, 11) is 2.02. The minimum Gasteiger partial charge on any atom is -0.326 e. The van der Waals surface area contributed by atoms with E-state index in [2.05, 4.69) is 43.8 Å². The van der Waals surface area contributed by atoms with Gasteiger partial charge < -0.3 is 4.57 Å². The van der Waals surface area contributed by atoms with Crippen molar-refractivity contribution >= 4 is 11.2 Å². The van der Waals surface area contributed by atoms with Gasteiger partial charge in [0.25, 0.3) is 0 Å². The molecule has 0 aliphatic carbocycles. The summed E-state index contributed by atoms with van der Waals surface area (Å²) in [5.74, 6) is 0.926. The summed E-state index contributed by atoms with van der Waals surface area (Å²) in [6, 6.07) is 16.4. The van der Waals surface area contributed by atoms with E-state index in [1.54, 1.807) is 18.6 Å². The molecule has 0 radical (unpaired) electrons. The van der Waals surface area contributed by atoms with Crippen LogP contribution in [-0.4, -0.2) is 19.5 Å². The van der Waals surface area contributed by atoms with Crippen LogP contribution in [0.5, 0.6) is 0 Å². The Morgan fingerprint density at radius 3 is 2.18 bits per heavy atom. The first-order valence-electron chi connectivity index (χ1n) is 7.11. The molecule has 0 unspecified atom stereocenters. The van der Waals surface area contributed by atoms with Crippen LogP contribution in [0.2, 0.25) is 0 Å². The standard InChI is InChI=1S/C18H14N4/c1-22-16-3-2-10-20-17(16)21-18(22)15-6-4-13(5-7-15)14-8-11-19-12-9-14/h2-12H,1H3. The molecule has 3 heterocycles. The number of hydrogen-bond acceptors (Lipinski definition) is 3. The highest BCUT2D eigenvalue weighted by Gasteiger charge is 2.10. The SMILES string of the molecule is Cn1c(-c2ccc(-c3ccncc3)cc2)nc2ncccc21. The molecule has 0 fully saturated rings. The topological polar surface area (TPSA) is 43.6 Å². The Labute approximate surface area is 128 Å². The molecule has 0 saturated carbocycles. The predicted molar refractivity (Wildman–Crippen MR) is 87.2 cm³/mol. The molecule has 0 bridgehead atoms. The maximum absolute atomic E-state index is 4.63. The van der Waals surface area contributed by atoms with Gasteiger partial charge in [-0.05, 0) is 35.4 Å². The van der Waals surface area contributed by atoms with Crippen LogP contribution >= 0.6 is 0 Å². The molecule has 106 valence electrons. The van der Waals surface area contributed by atoms with E-state index in [0.717, 1.165) is 28.1 Å². The average Bonchev–Trinajstić information content (AvgIpc) is 2.93. The van der Waals surface area contributed by atoms with Gasteiger partial charge in [0.2, 0.25) is 0 Å². The summed E-state index contributed by atoms with van der Waals surface area (Å²) in [4.78, 5) is 13.0. The van der Waals surface area contributed by atoms with Crippen molar-refractivity contribution in [1.82, 2.24) is 19.5 Å². The van der Waals surface area contributed by atoms with Crippen LogP contribution in [0.4, 0.5) is 0 Å². The number of pyridine rings is 2. The van der Waals surface area contributed by atoms with Crippen molar-refractivity contribution in [2.75, 3.05) is 0 Å². The molecule has 0 amide bonds. The first-order chi connectivity index (χ1) is 10.8. The monoisotopic (exact) mass is 286 g/mol. The van der Waals surface area contributed by atoms with Gasteiger partial charge in [-0.2, -0.15) is 0 Å². The summed E-state index contributed by atoms with van der Waals surface area (Å²) in [6.07, 6.45) is 5.38. The first kappa shape index (κ1) is 12.7. The molecule has 0 aliphatic heterocycles. The van der Waals surface area contributed by atoms with Gasteiger partial charge in [-0.25, -0.2) is 9.97 Å². The van der Waals surface area contributed by atoms with Gasteiger partial charge in [0.05, 0.1) is 5.52 Å². The molecule has 3 aromatic heterocycles. The minimum atomic E-state index is 0.776. The summed E-state index contributed by atoms with van der Waals surface area (Å²) in [5.41, 5.74) is 5.23. The van der Waals surface area contributed by atoms with Crippen LogP contribution in [0.1, 0.15) is 0 Å². The number of nitrogens with zero attached hydrogens (tertiary/aromatic N) is 4. The van der Waals surface area contributed by atoms with Gasteiger partial charge in [0, 0.05) is 31.2 Å². The molecular weight excluding hydrogens is 272 g/mol. The van der Waals surface area contributed by atoms with Gasteiger partial charge in [0.15, 0.2) is 5.65 Å². The van der Waals surface area contributed by atoms with Crippen molar-refractivity contribution in [2.45, 2.75) is 0 Å². The van der Waals surface area contributed by atoms with Crippen LogP contribution in [0.15, 0.2) is 67.1 Å². The number of aromatic nitrogens is 4. The zero-order chi connectivity index (χ0) is 14.9. The number of rotatable bonds is 2. The van der Waals surface area contributed by atoms with Crippen LogP contribution in [-0.2, 0) is 7.05 Å². The summed E-state index contributed by atoms with van der Waals surface area (Å²) < 4.78 is 2.07. The van der Waals surface area contributed by atoms with Gasteiger partial charge in [0.1, 0.15) is 5.82 Å². The van der Waals surface area contributed by atoms with E-state index >= 15 is 0 Å². The van der Waals surface area contributed by atoms with Crippen LogP contribution < -0.4 is 0 Å². The Kier molecular flexibility index (Phi) is 2.93. The lowest BCUT2D eigenvalue weighted by molar-refractivity contribution is 0.959. The van der Waals surface area contributed by atoms with E-state index in [1.807, 2.05) is 31.3 Å². The number of imidazole rings is 1. The zero-order valence-corrected chi connectivity index (χ0v) is 12.1. The van der Waals surface area contributed by atoms with E-state index in [1.165, 1.54) is 5.56 Å². The Morgan fingerprint density at radius 1 is 0.773 bits per heavy atom. The third kappa shape index (κ3) is 2.05. The number of hydrogen-bond donors (Lipinski definition) is 0. The van der Waals surface area contributed by atoms with Crippen LogP contribution in [0.3, 0.4) is 0 Å². The summed E-state index contributed by atoms with van der Waals surface area (Å²) in [5, 5.41) is 0. The second-order valence-electron chi connectivity index (χ2n) is 5.15. The lowest BCUT2D eigenvalue weighted by atomic mass is 10.1. The van der Waals surface area contributed by atoms with Crippen LogP contribution in [0, 0.1) is 0 Å². The molecule has 1 aromatic carbocycles.